The Morgan fingerprint density at radius 1 is 0.263 bits per heavy atom. The zero-order chi connectivity index (χ0) is 27.6. The maximum Gasteiger partial charge on any atom is 2.00 e. The van der Waals surface area contributed by atoms with Gasteiger partial charge in [-0.1, -0.05) is 78.6 Å². The fraction of sp³-hybridized carbons (Fsp3) is 0.375. The minimum Gasteiger partial charge on any atom is -0.0691 e. The number of hydrogen-bond acceptors (Lipinski definition) is 0. The van der Waals surface area contributed by atoms with Crippen molar-refractivity contribution in [3.8, 4) is 0 Å². The SMILES string of the molecule is C[Si](C)(C)[C]1[CH][CH][CH][CH]1.C[Si](C)(C)[C]1[CH][CH][CH][CH]1.C[Si](C)(C)[C]1[CH][CH][CH][CH]1.C[Si](C)(C)[C]1[CH][CH][CH][CH]1.[Zr+2].[Zr+2]. The molecular formula is C32H52Si4Zr2+4. The van der Waals surface area contributed by atoms with Gasteiger partial charge in [0.2, 0.25) is 0 Å². The van der Waals surface area contributed by atoms with Crippen molar-refractivity contribution in [3.05, 3.63) is 125 Å². The molecule has 20 radical (unpaired) electrons. The van der Waals surface area contributed by atoms with E-state index >= 15 is 0 Å². The molecule has 0 heterocycles. The van der Waals surface area contributed by atoms with Gasteiger partial charge in [-0.15, -0.1) is 0 Å². The van der Waals surface area contributed by atoms with Crippen LogP contribution in [0.25, 0.3) is 0 Å². The topological polar surface area (TPSA) is 0 Å². The third-order valence-electron chi connectivity index (χ3n) is 6.11. The van der Waals surface area contributed by atoms with E-state index < -0.39 is 32.3 Å². The maximum atomic E-state index is 2.36. The van der Waals surface area contributed by atoms with Gasteiger partial charge in [0.15, 0.2) is 0 Å². The molecule has 4 rings (SSSR count). The smallest absolute Gasteiger partial charge is 0.0691 e. The van der Waals surface area contributed by atoms with Crippen LogP contribution in [0.15, 0.2) is 0 Å². The second-order valence-electron chi connectivity index (χ2n) is 13.7. The standard InChI is InChI=1S/4C8H13Si.2Zr/c4*1-9(2,3)8-6-4-5-7-8;;/h4*4-7H,1-3H3;;/q;;;;2*+2. The fourth-order valence-electron chi connectivity index (χ4n) is 3.50. The van der Waals surface area contributed by atoms with Crippen molar-refractivity contribution in [1.29, 1.82) is 0 Å². The van der Waals surface area contributed by atoms with E-state index in [1.165, 1.54) is 0 Å². The third-order valence-corrected chi connectivity index (χ3v) is 14.4. The Hall–Kier alpha value is 2.63. The normalized spacial score (nSPS) is 21.8. The van der Waals surface area contributed by atoms with Gasteiger partial charge in [-0.2, -0.15) is 0 Å². The summed E-state index contributed by atoms with van der Waals surface area (Å²) in [7, 11) is -3.92. The van der Waals surface area contributed by atoms with E-state index in [1.807, 2.05) is 0 Å². The predicted octanol–water partition coefficient (Wildman–Crippen LogP) is 9.07. The summed E-state index contributed by atoms with van der Waals surface area (Å²) in [6.07, 6.45) is 34.8. The largest absolute Gasteiger partial charge is 2.00 e. The van der Waals surface area contributed by atoms with Crippen LogP contribution in [0.2, 0.25) is 78.6 Å². The molecule has 0 N–H and O–H groups in total. The van der Waals surface area contributed by atoms with Gasteiger partial charge in [-0.05, 0) is 125 Å². The van der Waals surface area contributed by atoms with Gasteiger partial charge < -0.3 is 0 Å². The maximum absolute atomic E-state index is 2.36. The van der Waals surface area contributed by atoms with Crippen LogP contribution in [0.3, 0.4) is 0 Å². The van der Waals surface area contributed by atoms with Crippen LogP contribution >= 0.6 is 0 Å². The first-order valence-electron chi connectivity index (χ1n) is 13.3. The second-order valence-corrected chi connectivity index (χ2v) is 34.0. The molecule has 0 spiro atoms. The molecule has 0 amide bonds. The first-order valence-corrected chi connectivity index (χ1v) is 27.3. The van der Waals surface area contributed by atoms with E-state index in [-0.39, 0.29) is 52.4 Å². The van der Waals surface area contributed by atoms with Crippen molar-refractivity contribution in [1.82, 2.24) is 0 Å². The van der Waals surface area contributed by atoms with E-state index in [2.05, 4.69) is 181 Å². The minimum absolute atomic E-state index is 0. The van der Waals surface area contributed by atoms with Gasteiger partial charge in [-0.25, -0.2) is 0 Å². The molecule has 0 nitrogen and oxygen atoms in total. The minimum atomic E-state index is -0.981. The van der Waals surface area contributed by atoms with Gasteiger partial charge in [0, 0.05) is 0 Å². The molecule has 0 bridgehead atoms. The first kappa shape index (κ1) is 42.8. The van der Waals surface area contributed by atoms with Crippen molar-refractivity contribution in [2.45, 2.75) is 78.6 Å². The van der Waals surface area contributed by atoms with Gasteiger partial charge >= 0.3 is 52.4 Å². The average Bonchev–Trinajstić information content (AvgIpc) is 3.57. The van der Waals surface area contributed by atoms with E-state index in [9.17, 15) is 0 Å². The quantitative estimate of drug-likeness (QED) is 0.253. The Morgan fingerprint density at radius 3 is 0.421 bits per heavy atom. The molecule has 0 aromatic carbocycles. The molecule has 0 aromatic heterocycles. The number of hydrogen-bond donors (Lipinski definition) is 0. The second kappa shape index (κ2) is 19.8. The summed E-state index contributed by atoms with van der Waals surface area (Å²) in [5.41, 5.74) is 6.23. The summed E-state index contributed by atoms with van der Waals surface area (Å²) < 4.78 is 0. The molecule has 4 aliphatic carbocycles. The number of rotatable bonds is 4. The van der Waals surface area contributed by atoms with Crippen LogP contribution in [0.4, 0.5) is 0 Å². The molecule has 4 aliphatic rings. The van der Waals surface area contributed by atoms with Gasteiger partial charge in [0.25, 0.3) is 0 Å². The van der Waals surface area contributed by atoms with Crippen LogP contribution in [-0.4, -0.2) is 32.3 Å². The average molecular weight is 732 g/mol. The van der Waals surface area contributed by atoms with Gasteiger partial charge in [0.05, 0.1) is 32.3 Å². The molecule has 0 unspecified atom stereocenters. The monoisotopic (exact) mass is 728 g/mol. The third kappa shape index (κ3) is 18.3. The zero-order valence-corrected chi connectivity index (χ0v) is 35.2. The predicted molar refractivity (Wildman–Crippen MR) is 175 cm³/mol. The Balaban J connectivity index is 0. The van der Waals surface area contributed by atoms with Crippen molar-refractivity contribution in [2.24, 2.45) is 0 Å². The van der Waals surface area contributed by atoms with Crippen LogP contribution in [-0.2, 0) is 52.4 Å². The zero-order valence-electron chi connectivity index (χ0n) is 26.2. The van der Waals surface area contributed by atoms with Crippen LogP contribution in [0.5, 0.6) is 0 Å². The molecule has 6 heteroatoms. The molecule has 4 saturated carbocycles. The van der Waals surface area contributed by atoms with Crippen molar-refractivity contribution < 1.29 is 52.4 Å². The summed E-state index contributed by atoms with van der Waals surface area (Å²) in [5, 5.41) is 0. The molecule has 200 valence electrons. The van der Waals surface area contributed by atoms with Gasteiger partial charge in [-0.3, -0.25) is 0 Å². The molecule has 0 saturated heterocycles. The Labute approximate surface area is 285 Å². The van der Waals surface area contributed by atoms with Crippen molar-refractivity contribution >= 4 is 32.3 Å². The summed E-state index contributed by atoms with van der Waals surface area (Å²) in [6.45, 7) is 28.4. The summed E-state index contributed by atoms with van der Waals surface area (Å²) in [5.74, 6) is 0. The fourth-order valence-corrected chi connectivity index (χ4v) is 8.27. The Kier molecular flexibility index (Phi) is 22.3. The Morgan fingerprint density at radius 2 is 0.368 bits per heavy atom. The van der Waals surface area contributed by atoms with E-state index in [0.717, 1.165) is 0 Å². The molecule has 0 atom stereocenters. The summed E-state index contributed by atoms with van der Waals surface area (Å²) >= 11 is 0. The van der Waals surface area contributed by atoms with Crippen molar-refractivity contribution in [3.63, 3.8) is 0 Å². The molecular weight excluding hydrogens is 679 g/mol. The Bertz CT molecular complexity index is 456. The van der Waals surface area contributed by atoms with E-state index in [1.54, 1.807) is 22.2 Å². The van der Waals surface area contributed by atoms with Gasteiger partial charge in [0.1, 0.15) is 0 Å². The van der Waals surface area contributed by atoms with Crippen LogP contribution < -0.4 is 0 Å². The summed E-state index contributed by atoms with van der Waals surface area (Å²) in [4.78, 5) is 0. The molecule has 4 fully saturated rings. The van der Waals surface area contributed by atoms with E-state index in [4.69, 9.17) is 0 Å². The van der Waals surface area contributed by atoms with E-state index in [0.29, 0.717) is 0 Å². The first-order chi connectivity index (χ1) is 16.4. The van der Waals surface area contributed by atoms with Crippen LogP contribution in [0.1, 0.15) is 0 Å². The molecule has 0 aliphatic heterocycles. The van der Waals surface area contributed by atoms with Crippen LogP contribution in [0, 0.1) is 125 Å². The molecule has 0 aromatic rings. The summed E-state index contributed by atoms with van der Waals surface area (Å²) in [6, 6.07) is 0. The van der Waals surface area contributed by atoms with Crippen molar-refractivity contribution in [2.75, 3.05) is 0 Å². The molecule has 38 heavy (non-hydrogen) atoms.